The van der Waals surface area contributed by atoms with Crippen LogP contribution in [0.2, 0.25) is 0 Å². The number of fused-ring (bicyclic) bond motifs is 1. The van der Waals surface area contributed by atoms with Crippen molar-refractivity contribution in [2.24, 2.45) is 0 Å². The van der Waals surface area contributed by atoms with Gasteiger partial charge in [-0.1, -0.05) is 18.2 Å². The Morgan fingerprint density at radius 2 is 2.22 bits per heavy atom. The maximum Gasteiger partial charge on any atom is 0.107 e. The fourth-order valence-electron chi connectivity index (χ4n) is 2.80. The number of nitrogens with one attached hydrogen (secondary N) is 2. The molecule has 3 rings (SSSR count). The van der Waals surface area contributed by atoms with Gasteiger partial charge < -0.3 is 10.3 Å². The molecule has 2 aromatic rings. The largest absolute Gasteiger partial charge is 0.349 e. The fourth-order valence-corrected chi connectivity index (χ4v) is 2.80. The van der Waals surface area contributed by atoms with Crippen LogP contribution in [0, 0.1) is 0 Å². The van der Waals surface area contributed by atoms with Gasteiger partial charge in [0.05, 0.1) is 0 Å². The molecule has 1 aromatic heterocycles. The summed E-state index contributed by atoms with van der Waals surface area (Å²) in [6.45, 7) is 0. The Bertz CT molecular complexity index is 517. The summed E-state index contributed by atoms with van der Waals surface area (Å²) in [4.78, 5) is 7.48. The second kappa shape index (κ2) is 4.94. The third kappa shape index (κ3) is 2.18. The Kier molecular flexibility index (Phi) is 3.15. The van der Waals surface area contributed by atoms with Gasteiger partial charge in [-0.05, 0) is 43.0 Å². The van der Waals surface area contributed by atoms with Crippen LogP contribution in [-0.2, 0) is 19.3 Å². The van der Waals surface area contributed by atoms with Gasteiger partial charge in [-0.2, -0.15) is 0 Å². The molecule has 0 aliphatic heterocycles. The van der Waals surface area contributed by atoms with E-state index in [0.29, 0.717) is 6.04 Å². The average molecular weight is 241 g/mol. The molecular formula is C15H19N3. The SMILES string of the molecule is CNC(Cc1ncc[nH]1)c1ccc2c(c1)CCC2. The Balaban J connectivity index is 1.83. The van der Waals surface area contributed by atoms with E-state index in [4.69, 9.17) is 0 Å². The van der Waals surface area contributed by atoms with Crippen molar-refractivity contribution in [3.63, 3.8) is 0 Å². The van der Waals surface area contributed by atoms with E-state index in [-0.39, 0.29) is 0 Å². The van der Waals surface area contributed by atoms with Crippen molar-refractivity contribution in [2.45, 2.75) is 31.7 Å². The molecule has 0 radical (unpaired) electrons. The van der Waals surface area contributed by atoms with Crippen LogP contribution in [-0.4, -0.2) is 17.0 Å². The molecule has 1 aliphatic carbocycles. The topological polar surface area (TPSA) is 40.7 Å². The van der Waals surface area contributed by atoms with Crippen molar-refractivity contribution in [2.75, 3.05) is 7.05 Å². The van der Waals surface area contributed by atoms with E-state index in [1.165, 1.54) is 36.0 Å². The van der Waals surface area contributed by atoms with E-state index in [1.807, 2.05) is 19.4 Å². The Labute approximate surface area is 108 Å². The predicted octanol–water partition coefficient (Wildman–Crippen LogP) is 2.40. The van der Waals surface area contributed by atoms with Gasteiger partial charge in [-0.15, -0.1) is 0 Å². The third-order valence-electron chi connectivity index (χ3n) is 3.83. The third-order valence-corrected chi connectivity index (χ3v) is 3.83. The van der Waals surface area contributed by atoms with Gasteiger partial charge >= 0.3 is 0 Å². The number of aromatic nitrogens is 2. The van der Waals surface area contributed by atoms with Crippen LogP contribution in [0.15, 0.2) is 30.6 Å². The van der Waals surface area contributed by atoms with Crippen LogP contribution in [0.1, 0.15) is 35.0 Å². The highest BCUT2D eigenvalue weighted by molar-refractivity contribution is 5.36. The molecule has 0 saturated heterocycles. The number of rotatable bonds is 4. The van der Waals surface area contributed by atoms with E-state index >= 15 is 0 Å². The molecule has 1 heterocycles. The highest BCUT2D eigenvalue weighted by Crippen LogP contribution is 2.26. The number of aromatic amines is 1. The first kappa shape index (κ1) is 11.5. The van der Waals surface area contributed by atoms with E-state index in [0.717, 1.165) is 12.2 Å². The summed E-state index contributed by atoms with van der Waals surface area (Å²) in [5.41, 5.74) is 4.44. The van der Waals surface area contributed by atoms with Crippen LogP contribution < -0.4 is 5.32 Å². The number of H-pyrrole nitrogens is 1. The highest BCUT2D eigenvalue weighted by atomic mass is 14.9. The molecule has 0 bridgehead atoms. The minimum atomic E-state index is 0.335. The molecule has 0 fully saturated rings. The normalized spacial score (nSPS) is 15.6. The second-order valence-electron chi connectivity index (χ2n) is 4.96. The van der Waals surface area contributed by atoms with Crippen molar-refractivity contribution in [3.8, 4) is 0 Å². The summed E-state index contributed by atoms with van der Waals surface area (Å²) in [7, 11) is 2.01. The lowest BCUT2D eigenvalue weighted by Crippen LogP contribution is -2.19. The zero-order chi connectivity index (χ0) is 12.4. The molecule has 0 amide bonds. The van der Waals surface area contributed by atoms with Gasteiger partial charge in [0.25, 0.3) is 0 Å². The smallest absolute Gasteiger partial charge is 0.107 e. The lowest BCUT2D eigenvalue weighted by atomic mass is 9.99. The first-order valence-electron chi connectivity index (χ1n) is 6.64. The molecule has 94 valence electrons. The number of benzene rings is 1. The quantitative estimate of drug-likeness (QED) is 0.863. The molecule has 1 aliphatic rings. The number of hydrogen-bond donors (Lipinski definition) is 2. The first-order chi connectivity index (χ1) is 8.86. The summed E-state index contributed by atoms with van der Waals surface area (Å²) in [5.74, 6) is 1.04. The Morgan fingerprint density at radius 3 is 3.00 bits per heavy atom. The number of hydrogen-bond acceptors (Lipinski definition) is 2. The van der Waals surface area contributed by atoms with Crippen molar-refractivity contribution in [1.29, 1.82) is 0 Å². The van der Waals surface area contributed by atoms with Crippen LogP contribution in [0.5, 0.6) is 0 Å². The molecule has 2 N–H and O–H groups in total. The van der Waals surface area contributed by atoms with E-state index in [1.54, 1.807) is 0 Å². The molecule has 18 heavy (non-hydrogen) atoms. The number of nitrogens with zero attached hydrogens (tertiary/aromatic N) is 1. The van der Waals surface area contributed by atoms with Crippen molar-refractivity contribution >= 4 is 0 Å². The standard InChI is InChI=1S/C15H19N3/c1-16-14(10-15-17-7-8-18-15)13-6-5-11-3-2-4-12(11)9-13/h5-9,14,16H,2-4,10H2,1H3,(H,17,18). The monoisotopic (exact) mass is 241 g/mol. The molecule has 1 unspecified atom stereocenters. The zero-order valence-corrected chi connectivity index (χ0v) is 10.7. The summed E-state index contributed by atoms with van der Waals surface area (Å²) < 4.78 is 0. The van der Waals surface area contributed by atoms with Crippen LogP contribution in [0.4, 0.5) is 0 Å². The van der Waals surface area contributed by atoms with Crippen molar-refractivity contribution in [3.05, 3.63) is 53.1 Å². The van der Waals surface area contributed by atoms with Crippen LogP contribution in [0.3, 0.4) is 0 Å². The Hall–Kier alpha value is -1.61. The molecule has 1 atom stereocenters. The summed E-state index contributed by atoms with van der Waals surface area (Å²) in [5, 5.41) is 3.39. The average Bonchev–Trinajstić information content (AvgIpc) is 3.06. The highest BCUT2D eigenvalue weighted by Gasteiger charge is 2.16. The maximum atomic E-state index is 4.31. The lowest BCUT2D eigenvalue weighted by molar-refractivity contribution is 0.577. The minimum absolute atomic E-state index is 0.335. The molecule has 0 saturated carbocycles. The van der Waals surface area contributed by atoms with Crippen molar-refractivity contribution in [1.82, 2.24) is 15.3 Å². The summed E-state index contributed by atoms with van der Waals surface area (Å²) in [6, 6.07) is 7.26. The predicted molar refractivity (Wildman–Crippen MR) is 72.6 cm³/mol. The molecular weight excluding hydrogens is 222 g/mol. The van der Waals surface area contributed by atoms with Gasteiger partial charge in [0.2, 0.25) is 0 Å². The fraction of sp³-hybridized carbons (Fsp3) is 0.400. The van der Waals surface area contributed by atoms with E-state index in [9.17, 15) is 0 Å². The first-order valence-corrected chi connectivity index (χ1v) is 6.64. The maximum absolute atomic E-state index is 4.31. The van der Waals surface area contributed by atoms with Crippen molar-refractivity contribution < 1.29 is 0 Å². The van der Waals surface area contributed by atoms with E-state index < -0.39 is 0 Å². The van der Waals surface area contributed by atoms with Gasteiger partial charge in [0.15, 0.2) is 0 Å². The van der Waals surface area contributed by atoms with Crippen LogP contribution >= 0.6 is 0 Å². The number of likely N-dealkylation sites (N-methyl/N-ethyl adjacent to an activating group) is 1. The second-order valence-corrected chi connectivity index (χ2v) is 4.96. The number of imidazole rings is 1. The molecule has 0 spiro atoms. The molecule has 3 nitrogen and oxygen atoms in total. The summed E-state index contributed by atoms with van der Waals surface area (Å²) in [6.07, 6.45) is 8.39. The van der Waals surface area contributed by atoms with Crippen LogP contribution in [0.25, 0.3) is 0 Å². The zero-order valence-electron chi connectivity index (χ0n) is 10.7. The Morgan fingerprint density at radius 1 is 1.33 bits per heavy atom. The molecule has 3 heteroatoms. The lowest BCUT2D eigenvalue weighted by Gasteiger charge is -2.16. The number of aryl methyl sites for hydroxylation is 2. The molecule has 1 aromatic carbocycles. The van der Waals surface area contributed by atoms with Gasteiger partial charge in [-0.25, -0.2) is 4.98 Å². The minimum Gasteiger partial charge on any atom is -0.349 e. The van der Waals surface area contributed by atoms with Gasteiger partial charge in [-0.3, -0.25) is 0 Å². The van der Waals surface area contributed by atoms with Gasteiger partial charge in [0.1, 0.15) is 5.82 Å². The van der Waals surface area contributed by atoms with Gasteiger partial charge in [0, 0.05) is 24.9 Å². The van der Waals surface area contributed by atoms with E-state index in [2.05, 4.69) is 33.5 Å². The summed E-state index contributed by atoms with van der Waals surface area (Å²) >= 11 is 0.